The zero-order valence-electron chi connectivity index (χ0n) is 12.3. The summed E-state index contributed by atoms with van der Waals surface area (Å²) in [5.41, 5.74) is 7.11. The second-order valence-corrected chi connectivity index (χ2v) is 7.38. The largest absolute Gasteiger partial charge is 0.494 e. The third kappa shape index (κ3) is 5.92. The zero-order chi connectivity index (χ0) is 15.0. The monoisotopic (exact) mass is 299 g/mol. The van der Waals surface area contributed by atoms with Crippen molar-refractivity contribution in [2.75, 3.05) is 18.1 Å². The van der Waals surface area contributed by atoms with Gasteiger partial charge in [0, 0.05) is 11.8 Å². The molecule has 1 atom stereocenters. The lowest BCUT2D eigenvalue weighted by molar-refractivity contribution is 0.317. The summed E-state index contributed by atoms with van der Waals surface area (Å²) in [5.74, 6) is 1.23. The molecule has 0 heterocycles. The van der Waals surface area contributed by atoms with Crippen LogP contribution in [-0.4, -0.2) is 26.5 Å². The molecule has 20 heavy (non-hydrogen) atoms. The second-order valence-electron chi connectivity index (χ2n) is 4.91. The first-order valence-corrected chi connectivity index (χ1v) is 8.99. The molecule has 0 bridgehead atoms. The molecule has 0 spiro atoms. The molecule has 0 fully saturated rings. The van der Waals surface area contributed by atoms with Crippen molar-refractivity contribution < 1.29 is 13.2 Å². The summed E-state index contributed by atoms with van der Waals surface area (Å²) in [6, 6.07) is 7.58. The molecule has 4 nitrogen and oxygen atoms in total. The maximum Gasteiger partial charge on any atom is 0.150 e. The van der Waals surface area contributed by atoms with E-state index < -0.39 is 9.84 Å². The summed E-state index contributed by atoms with van der Waals surface area (Å²) in [6.07, 6.45) is 2.22. The maximum absolute atomic E-state index is 11.4. The van der Waals surface area contributed by atoms with Crippen molar-refractivity contribution >= 4 is 9.84 Å². The van der Waals surface area contributed by atoms with Crippen LogP contribution in [0.25, 0.3) is 0 Å². The third-order valence-electron chi connectivity index (χ3n) is 3.17. The number of ether oxygens (including phenoxy) is 1. The topological polar surface area (TPSA) is 69.4 Å². The van der Waals surface area contributed by atoms with Gasteiger partial charge in [0.25, 0.3) is 0 Å². The Bertz CT molecular complexity index is 500. The van der Waals surface area contributed by atoms with Crippen LogP contribution in [0.4, 0.5) is 0 Å². The van der Waals surface area contributed by atoms with Gasteiger partial charge in [-0.1, -0.05) is 26.0 Å². The minimum Gasteiger partial charge on any atom is -0.494 e. The zero-order valence-corrected chi connectivity index (χ0v) is 13.2. The van der Waals surface area contributed by atoms with Gasteiger partial charge in [0.2, 0.25) is 0 Å². The number of hydrogen-bond acceptors (Lipinski definition) is 4. The van der Waals surface area contributed by atoms with Crippen molar-refractivity contribution in [1.29, 1.82) is 0 Å². The maximum atomic E-state index is 11.4. The average molecular weight is 299 g/mol. The Morgan fingerprint density at radius 3 is 2.70 bits per heavy atom. The van der Waals surface area contributed by atoms with Gasteiger partial charge in [-0.2, -0.15) is 0 Å². The van der Waals surface area contributed by atoms with Crippen molar-refractivity contribution in [2.45, 2.75) is 39.2 Å². The Labute approximate surface area is 122 Å². The Balaban J connectivity index is 2.52. The molecule has 0 saturated carbocycles. The summed E-state index contributed by atoms with van der Waals surface area (Å²) < 4.78 is 28.4. The summed E-state index contributed by atoms with van der Waals surface area (Å²) in [7, 11) is -2.90. The normalized spacial score (nSPS) is 13.2. The summed E-state index contributed by atoms with van der Waals surface area (Å²) >= 11 is 0. The number of sulfone groups is 1. The van der Waals surface area contributed by atoms with E-state index in [4.69, 9.17) is 10.5 Å². The second kappa shape index (κ2) is 8.27. The molecule has 0 radical (unpaired) electrons. The van der Waals surface area contributed by atoms with Crippen molar-refractivity contribution in [3.63, 3.8) is 0 Å². The van der Waals surface area contributed by atoms with E-state index in [9.17, 15) is 8.42 Å². The molecule has 0 amide bonds. The highest BCUT2D eigenvalue weighted by molar-refractivity contribution is 7.91. The van der Waals surface area contributed by atoms with Crippen molar-refractivity contribution in [3.05, 3.63) is 29.8 Å². The van der Waals surface area contributed by atoms with Crippen LogP contribution in [0.5, 0.6) is 5.75 Å². The number of rotatable bonds is 9. The fourth-order valence-corrected chi connectivity index (χ4v) is 2.78. The minimum atomic E-state index is -2.90. The molecule has 1 aromatic rings. The fourth-order valence-electron chi connectivity index (χ4n) is 1.89. The van der Waals surface area contributed by atoms with E-state index in [1.165, 1.54) is 0 Å². The Morgan fingerprint density at radius 1 is 1.30 bits per heavy atom. The SMILES string of the molecule is CCCOc1cccc(C(N)CCCS(=O)(=O)CC)c1. The van der Waals surface area contributed by atoms with Crippen LogP contribution in [-0.2, 0) is 9.84 Å². The molecule has 114 valence electrons. The first-order valence-electron chi connectivity index (χ1n) is 7.17. The van der Waals surface area contributed by atoms with E-state index in [2.05, 4.69) is 6.92 Å². The van der Waals surface area contributed by atoms with E-state index in [1.54, 1.807) is 6.92 Å². The van der Waals surface area contributed by atoms with E-state index >= 15 is 0 Å². The minimum absolute atomic E-state index is 0.146. The van der Waals surface area contributed by atoms with Crippen LogP contribution in [0.1, 0.15) is 44.7 Å². The molecule has 2 N–H and O–H groups in total. The van der Waals surface area contributed by atoms with Gasteiger partial charge >= 0.3 is 0 Å². The fraction of sp³-hybridized carbons (Fsp3) is 0.600. The number of benzene rings is 1. The third-order valence-corrected chi connectivity index (χ3v) is 4.96. The van der Waals surface area contributed by atoms with Gasteiger partial charge in [-0.3, -0.25) is 0 Å². The first kappa shape index (κ1) is 17.0. The van der Waals surface area contributed by atoms with Gasteiger partial charge in [-0.05, 0) is 37.0 Å². The van der Waals surface area contributed by atoms with E-state index in [-0.39, 0.29) is 17.5 Å². The molecule has 0 aliphatic rings. The standard InChI is InChI=1S/C15H25NO3S/c1-3-10-19-14-8-5-7-13(12-14)15(16)9-6-11-20(17,18)4-2/h5,7-8,12,15H,3-4,6,9-11,16H2,1-2H3. The lowest BCUT2D eigenvalue weighted by atomic mass is 10.0. The molecule has 1 rings (SSSR count). The lowest BCUT2D eigenvalue weighted by Gasteiger charge is -2.13. The molecule has 0 saturated heterocycles. The Morgan fingerprint density at radius 2 is 2.05 bits per heavy atom. The average Bonchev–Trinajstić information content (AvgIpc) is 2.45. The first-order chi connectivity index (χ1) is 9.48. The van der Waals surface area contributed by atoms with Crippen molar-refractivity contribution in [3.8, 4) is 5.75 Å². The van der Waals surface area contributed by atoms with E-state index in [0.29, 0.717) is 19.4 Å². The number of hydrogen-bond donors (Lipinski definition) is 1. The molecule has 1 aromatic carbocycles. The van der Waals surface area contributed by atoms with Crippen molar-refractivity contribution in [1.82, 2.24) is 0 Å². The smallest absolute Gasteiger partial charge is 0.150 e. The summed E-state index contributed by atoms with van der Waals surface area (Å²) in [4.78, 5) is 0. The van der Waals surface area contributed by atoms with Crippen LogP contribution in [0, 0.1) is 0 Å². The van der Waals surface area contributed by atoms with Gasteiger partial charge in [0.15, 0.2) is 0 Å². The molecular weight excluding hydrogens is 274 g/mol. The Hall–Kier alpha value is -1.07. The highest BCUT2D eigenvalue weighted by Crippen LogP contribution is 2.21. The van der Waals surface area contributed by atoms with Crippen LogP contribution in [0.3, 0.4) is 0 Å². The molecule has 1 unspecified atom stereocenters. The van der Waals surface area contributed by atoms with Crippen LogP contribution in [0.15, 0.2) is 24.3 Å². The van der Waals surface area contributed by atoms with Crippen LogP contribution < -0.4 is 10.5 Å². The van der Waals surface area contributed by atoms with Gasteiger partial charge in [-0.25, -0.2) is 8.42 Å². The molecule has 5 heteroatoms. The Kier molecular flexibility index (Phi) is 7.02. The molecule has 0 aliphatic carbocycles. The van der Waals surface area contributed by atoms with E-state index in [0.717, 1.165) is 17.7 Å². The predicted molar refractivity (Wildman–Crippen MR) is 82.7 cm³/mol. The van der Waals surface area contributed by atoms with Gasteiger partial charge in [0.1, 0.15) is 15.6 Å². The predicted octanol–water partition coefficient (Wildman–Crippen LogP) is 2.69. The van der Waals surface area contributed by atoms with Crippen LogP contribution in [0.2, 0.25) is 0 Å². The van der Waals surface area contributed by atoms with Gasteiger partial charge in [-0.15, -0.1) is 0 Å². The highest BCUT2D eigenvalue weighted by Gasteiger charge is 2.11. The van der Waals surface area contributed by atoms with Gasteiger partial charge in [0.05, 0.1) is 12.4 Å². The summed E-state index contributed by atoms with van der Waals surface area (Å²) in [6.45, 7) is 4.42. The molecule has 0 aliphatic heterocycles. The molecule has 0 aromatic heterocycles. The number of nitrogens with two attached hydrogens (primary N) is 1. The summed E-state index contributed by atoms with van der Waals surface area (Å²) in [5, 5.41) is 0. The quantitative estimate of drug-likeness (QED) is 0.761. The highest BCUT2D eigenvalue weighted by atomic mass is 32.2. The van der Waals surface area contributed by atoms with Crippen LogP contribution >= 0.6 is 0 Å². The van der Waals surface area contributed by atoms with Crippen molar-refractivity contribution in [2.24, 2.45) is 5.73 Å². The van der Waals surface area contributed by atoms with E-state index in [1.807, 2.05) is 24.3 Å². The lowest BCUT2D eigenvalue weighted by Crippen LogP contribution is -2.14. The molecular formula is C15H25NO3S. The van der Waals surface area contributed by atoms with Gasteiger partial charge < -0.3 is 10.5 Å².